The number of nitrogens with zero attached hydrogens (tertiary/aromatic N) is 1. The lowest BCUT2D eigenvalue weighted by Crippen LogP contribution is -2.13. The fourth-order valence-corrected chi connectivity index (χ4v) is 3.95. The Balaban J connectivity index is 2.36. The quantitative estimate of drug-likeness (QED) is 0.532. The van der Waals surface area contributed by atoms with Gasteiger partial charge in [0.2, 0.25) is 0 Å². The van der Waals surface area contributed by atoms with E-state index in [4.69, 9.17) is 4.74 Å². The predicted octanol–water partition coefficient (Wildman–Crippen LogP) is 4.52. The maximum absolute atomic E-state index is 12.3. The highest BCUT2D eigenvalue weighted by atomic mass is 79.9. The maximum atomic E-state index is 12.3. The smallest absolute Gasteiger partial charge is 0.323 e. The minimum atomic E-state index is -0.378. The van der Waals surface area contributed by atoms with Crippen molar-refractivity contribution < 1.29 is 9.53 Å². The summed E-state index contributed by atoms with van der Waals surface area (Å²) >= 11 is 5.05. The first-order chi connectivity index (χ1) is 11.0. The highest BCUT2D eigenvalue weighted by Crippen LogP contribution is 2.39. The van der Waals surface area contributed by atoms with E-state index in [1.165, 1.54) is 24.4 Å². The minimum Gasteiger partial charge on any atom is -0.468 e. The second-order valence-electron chi connectivity index (χ2n) is 5.42. The van der Waals surface area contributed by atoms with Gasteiger partial charge in [-0.2, -0.15) is 0 Å². The van der Waals surface area contributed by atoms with E-state index in [9.17, 15) is 4.79 Å². The van der Waals surface area contributed by atoms with Crippen LogP contribution in [0.4, 0.5) is 0 Å². The van der Waals surface area contributed by atoms with Gasteiger partial charge in [-0.1, -0.05) is 52.3 Å². The van der Waals surface area contributed by atoms with Crippen LogP contribution in [-0.2, 0) is 16.1 Å². The van der Waals surface area contributed by atoms with Crippen molar-refractivity contribution in [3.05, 3.63) is 64.1 Å². The number of hydrogen-bond acceptors (Lipinski definition) is 4. The van der Waals surface area contributed by atoms with Gasteiger partial charge in [0.1, 0.15) is 5.25 Å². The molecule has 0 amide bonds. The molecule has 0 bridgehead atoms. The Morgan fingerprint density at radius 3 is 2.52 bits per heavy atom. The molecular formula is C18H20BrNO2S. The SMILES string of the molecule is COC(=O)[C@@H](Sc1cc(Br)ccc1CN(C)C)c1ccccc1. The summed E-state index contributed by atoms with van der Waals surface area (Å²) < 4.78 is 6.01. The van der Waals surface area contributed by atoms with Gasteiger partial charge in [0.25, 0.3) is 0 Å². The van der Waals surface area contributed by atoms with Crippen molar-refractivity contribution in [2.45, 2.75) is 16.7 Å². The summed E-state index contributed by atoms with van der Waals surface area (Å²) in [4.78, 5) is 15.5. The van der Waals surface area contributed by atoms with Gasteiger partial charge in [-0.25, -0.2) is 0 Å². The molecule has 0 radical (unpaired) electrons. The van der Waals surface area contributed by atoms with Crippen molar-refractivity contribution in [2.75, 3.05) is 21.2 Å². The number of esters is 1. The lowest BCUT2D eigenvalue weighted by Gasteiger charge is -2.19. The van der Waals surface area contributed by atoms with Crippen LogP contribution in [0.5, 0.6) is 0 Å². The molecule has 0 aliphatic carbocycles. The summed E-state index contributed by atoms with van der Waals surface area (Å²) in [5, 5.41) is -0.378. The number of hydrogen-bond donors (Lipinski definition) is 0. The van der Waals surface area contributed by atoms with E-state index in [1.807, 2.05) is 50.5 Å². The van der Waals surface area contributed by atoms with Gasteiger partial charge in [-0.15, -0.1) is 11.8 Å². The number of halogens is 1. The molecule has 2 aromatic carbocycles. The molecular weight excluding hydrogens is 374 g/mol. The molecule has 0 unspecified atom stereocenters. The third-order valence-electron chi connectivity index (χ3n) is 3.28. The normalized spacial score (nSPS) is 12.2. The van der Waals surface area contributed by atoms with Crippen molar-refractivity contribution >= 4 is 33.7 Å². The third-order valence-corrected chi connectivity index (χ3v) is 5.11. The number of methoxy groups -OCH3 is 1. The van der Waals surface area contributed by atoms with Crippen LogP contribution in [0.3, 0.4) is 0 Å². The van der Waals surface area contributed by atoms with Crippen molar-refractivity contribution in [1.82, 2.24) is 4.90 Å². The van der Waals surface area contributed by atoms with E-state index >= 15 is 0 Å². The molecule has 0 saturated carbocycles. The van der Waals surface area contributed by atoms with Gasteiger partial charge >= 0.3 is 5.97 Å². The van der Waals surface area contributed by atoms with Crippen LogP contribution in [0, 0.1) is 0 Å². The summed E-state index contributed by atoms with van der Waals surface area (Å²) in [7, 11) is 5.50. The van der Waals surface area contributed by atoms with Gasteiger partial charge < -0.3 is 9.64 Å². The Labute approximate surface area is 150 Å². The molecule has 0 aliphatic rings. The summed E-state index contributed by atoms with van der Waals surface area (Å²) in [5.41, 5.74) is 2.13. The highest BCUT2D eigenvalue weighted by Gasteiger charge is 2.24. The van der Waals surface area contributed by atoms with Crippen LogP contribution in [-0.4, -0.2) is 32.1 Å². The lowest BCUT2D eigenvalue weighted by molar-refractivity contribution is -0.140. The molecule has 122 valence electrons. The Hall–Kier alpha value is -1.30. The van der Waals surface area contributed by atoms with Crippen LogP contribution in [0.25, 0.3) is 0 Å². The summed E-state index contributed by atoms with van der Waals surface area (Å²) in [6.45, 7) is 0.818. The molecule has 1 atom stereocenters. The van der Waals surface area contributed by atoms with Crippen LogP contribution < -0.4 is 0 Å². The number of benzene rings is 2. The lowest BCUT2D eigenvalue weighted by atomic mass is 10.1. The Kier molecular flexibility index (Phi) is 6.69. The number of rotatable bonds is 6. The van der Waals surface area contributed by atoms with Gasteiger partial charge in [0, 0.05) is 15.9 Å². The number of carbonyl (C=O) groups is 1. The van der Waals surface area contributed by atoms with Crippen LogP contribution in [0.1, 0.15) is 16.4 Å². The first kappa shape index (κ1) is 18.0. The van der Waals surface area contributed by atoms with Gasteiger partial charge in [0.05, 0.1) is 7.11 Å². The summed E-state index contributed by atoms with van der Waals surface area (Å²) in [5.74, 6) is -0.239. The Bertz CT molecular complexity index is 661. The molecule has 0 aliphatic heterocycles. The van der Waals surface area contributed by atoms with Gasteiger partial charge in [-0.3, -0.25) is 4.79 Å². The molecule has 2 aromatic rings. The number of carbonyl (C=O) groups excluding carboxylic acids is 1. The molecule has 5 heteroatoms. The Morgan fingerprint density at radius 1 is 1.22 bits per heavy atom. The van der Waals surface area contributed by atoms with Crippen LogP contribution in [0.2, 0.25) is 0 Å². The van der Waals surface area contributed by atoms with Crippen molar-refractivity contribution in [1.29, 1.82) is 0 Å². The average Bonchev–Trinajstić information content (AvgIpc) is 2.54. The zero-order valence-corrected chi connectivity index (χ0v) is 15.9. The second kappa shape index (κ2) is 8.52. The standard InChI is InChI=1S/C18H20BrNO2S/c1-20(2)12-14-9-10-15(19)11-16(14)23-17(18(21)22-3)13-7-5-4-6-8-13/h4-11,17H,12H2,1-3H3/t17-/m0/s1. The van der Waals surface area contributed by atoms with E-state index < -0.39 is 0 Å². The molecule has 0 fully saturated rings. The van der Waals surface area contributed by atoms with E-state index in [2.05, 4.69) is 33.0 Å². The average molecular weight is 394 g/mol. The molecule has 0 N–H and O–H groups in total. The van der Waals surface area contributed by atoms with Crippen LogP contribution >= 0.6 is 27.7 Å². The fourth-order valence-electron chi connectivity index (χ4n) is 2.22. The van der Waals surface area contributed by atoms with Crippen LogP contribution in [0.15, 0.2) is 57.9 Å². The van der Waals surface area contributed by atoms with Crippen molar-refractivity contribution in [3.63, 3.8) is 0 Å². The van der Waals surface area contributed by atoms with E-state index in [0.717, 1.165) is 21.5 Å². The predicted molar refractivity (Wildman–Crippen MR) is 98.6 cm³/mol. The summed E-state index contributed by atoms with van der Waals surface area (Å²) in [6.07, 6.45) is 0. The molecule has 3 nitrogen and oxygen atoms in total. The molecule has 2 rings (SSSR count). The maximum Gasteiger partial charge on any atom is 0.323 e. The topological polar surface area (TPSA) is 29.5 Å². The number of ether oxygens (including phenoxy) is 1. The zero-order valence-electron chi connectivity index (χ0n) is 13.5. The van der Waals surface area contributed by atoms with E-state index in [-0.39, 0.29) is 11.2 Å². The summed E-state index contributed by atoms with van der Waals surface area (Å²) in [6, 6.07) is 15.9. The molecule has 0 heterocycles. The Morgan fingerprint density at radius 2 is 1.91 bits per heavy atom. The molecule has 0 spiro atoms. The highest BCUT2D eigenvalue weighted by molar-refractivity contribution is 9.10. The van der Waals surface area contributed by atoms with E-state index in [1.54, 1.807) is 0 Å². The third kappa shape index (κ3) is 5.09. The largest absolute Gasteiger partial charge is 0.468 e. The number of thioether (sulfide) groups is 1. The van der Waals surface area contributed by atoms with Crippen molar-refractivity contribution in [2.24, 2.45) is 0 Å². The molecule has 23 heavy (non-hydrogen) atoms. The monoisotopic (exact) mass is 393 g/mol. The van der Waals surface area contributed by atoms with Gasteiger partial charge in [-0.05, 0) is 37.4 Å². The van der Waals surface area contributed by atoms with Crippen molar-refractivity contribution in [3.8, 4) is 0 Å². The minimum absolute atomic E-state index is 0.239. The second-order valence-corrected chi connectivity index (χ2v) is 7.48. The first-order valence-electron chi connectivity index (χ1n) is 7.24. The fraction of sp³-hybridized carbons (Fsp3) is 0.278. The first-order valence-corrected chi connectivity index (χ1v) is 8.91. The van der Waals surface area contributed by atoms with E-state index in [0.29, 0.717) is 0 Å². The van der Waals surface area contributed by atoms with Gasteiger partial charge in [0.15, 0.2) is 0 Å². The zero-order chi connectivity index (χ0) is 16.8. The molecule has 0 saturated heterocycles. The molecule has 0 aromatic heterocycles.